The van der Waals surface area contributed by atoms with Gasteiger partial charge in [0.15, 0.2) is 6.23 Å². The van der Waals surface area contributed by atoms with E-state index in [0.717, 1.165) is 6.07 Å². The third kappa shape index (κ3) is 6.77. The Hall–Kier alpha value is -1.50. The molecule has 6 atom stereocenters. The Morgan fingerprint density at radius 3 is 2.33 bits per heavy atom. The van der Waals surface area contributed by atoms with Crippen molar-refractivity contribution in [2.45, 2.75) is 38.0 Å². The molecule has 1 aliphatic heterocycles. The number of rotatable bonds is 8. The van der Waals surface area contributed by atoms with E-state index in [9.17, 15) is 33.3 Å². The van der Waals surface area contributed by atoms with Crippen LogP contribution in [0.5, 0.6) is 0 Å². The predicted molar refractivity (Wildman–Crippen MR) is 103 cm³/mol. The highest BCUT2D eigenvalue weighted by Gasteiger charge is 2.58. The smallest absolute Gasteiger partial charge is 0.386 e. The minimum Gasteiger partial charge on any atom is -0.386 e. The van der Waals surface area contributed by atoms with Crippen molar-refractivity contribution in [3.63, 3.8) is 0 Å². The summed E-state index contributed by atoms with van der Waals surface area (Å²) in [5.74, 6) is 4.22. The standard InChI is InChI=1S/C13H18FN2O14P3/c1-3-4-13(14)10(18)8(28-11(13)16-7(2)5-9(17)15-12(16)19)6-27-32(23,24)30-33(25,26)29-31(20,21)22/h5,8,10-11,18H,6H2,1-2H3,(H,23,24)(H,25,26)(H,15,17,19)(H2,20,21,22)/t8-,10?,11-,13-/m1/s1. The second-order valence-electron chi connectivity index (χ2n) is 6.45. The van der Waals surface area contributed by atoms with Crippen LogP contribution in [-0.4, -0.2) is 58.7 Å². The summed E-state index contributed by atoms with van der Waals surface area (Å²) in [7, 11) is -17.0. The molecule has 0 bridgehead atoms. The lowest BCUT2D eigenvalue weighted by Gasteiger charge is -2.25. The van der Waals surface area contributed by atoms with Crippen molar-refractivity contribution in [1.29, 1.82) is 0 Å². The highest BCUT2D eigenvalue weighted by molar-refractivity contribution is 7.66. The van der Waals surface area contributed by atoms with Crippen LogP contribution < -0.4 is 11.2 Å². The van der Waals surface area contributed by atoms with Crippen molar-refractivity contribution in [1.82, 2.24) is 9.55 Å². The monoisotopic (exact) mass is 538 g/mol. The van der Waals surface area contributed by atoms with Crippen LogP contribution in [0, 0.1) is 18.8 Å². The number of hydrogen-bond acceptors (Lipinski definition) is 10. The molecule has 1 aromatic rings. The highest BCUT2D eigenvalue weighted by Crippen LogP contribution is 2.66. The van der Waals surface area contributed by atoms with Gasteiger partial charge in [-0.1, -0.05) is 5.92 Å². The molecule has 1 saturated heterocycles. The van der Waals surface area contributed by atoms with E-state index in [-0.39, 0.29) is 5.69 Å². The number of aliphatic hydroxyl groups is 1. The molecule has 3 unspecified atom stereocenters. The molecule has 0 aliphatic carbocycles. The Bertz CT molecular complexity index is 1230. The third-order valence-corrected chi connectivity index (χ3v) is 7.79. The number of aromatic nitrogens is 2. The van der Waals surface area contributed by atoms with E-state index in [0.29, 0.717) is 4.57 Å². The van der Waals surface area contributed by atoms with Crippen LogP contribution in [0.1, 0.15) is 18.8 Å². The normalized spacial score (nSPS) is 29.0. The average Bonchev–Trinajstić information content (AvgIpc) is 2.81. The number of halogens is 1. The molecule has 2 rings (SSSR count). The summed E-state index contributed by atoms with van der Waals surface area (Å²) < 4.78 is 66.8. The predicted octanol–water partition coefficient (Wildman–Crippen LogP) is -0.822. The summed E-state index contributed by atoms with van der Waals surface area (Å²) in [5.41, 5.74) is -5.01. The van der Waals surface area contributed by atoms with Crippen molar-refractivity contribution in [3.8, 4) is 11.8 Å². The molecule has 0 aromatic carbocycles. The van der Waals surface area contributed by atoms with Gasteiger partial charge in [0.05, 0.1) is 6.61 Å². The fourth-order valence-electron chi connectivity index (χ4n) is 2.85. The zero-order chi connectivity index (χ0) is 25.4. The van der Waals surface area contributed by atoms with E-state index in [1.807, 2.05) is 10.9 Å². The zero-order valence-corrected chi connectivity index (χ0v) is 19.3. The summed E-state index contributed by atoms with van der Waals surface area (Å²) >= 11 is 0. The summed E-state index contributed by atoms with van der Waals surface area (Å²) in [4.78, 5) is 61.2. The first kappa shape index (κ1) is 27.7. The number of aliphatic hydroxyl groups excluding tert-OH is 1. The van der Waals surface area contributed by atoms with Crippen LogP contribution in [-0.2, 0) is 31.6 Å². The van der Waals surface area contributed by atoms with Crippen molar-refractivity contribution < 1.29 is 60.6 Å². The maximum Gasteiger partial charge on any atom is 0.490 e. The molecular weight excluding hydrogens is 520 g/mol. The van der Waals surface area contributed by atoms with Crippen LogP contribution in [0.2, 0.25) is 0 Å². The van der Waals surface area contributed by atoms with E-state index < -0.39 is 65.4 Å². The Labute approximate surface area is 183 Å². The van der Waals surface area contributed by atoms with Crippen molar-refractivity contribution in [2.24, 2.45) is 0 Å². The number of phosphoric acid groups is 3. The number of aryl methyl sites for hydroxylation is 1. The number of H-pyrrole nitrogens is 1. The fourth-order valence-corrected chi connectivity index (χ4v) is 5.88. The Morgan fingerprint density at radius 1 is 1.21 bits per heavy atom. The number of phosphoric ester groups is 1. The Morgan fingerprint density at radius 2 is 1.82 bits per heavy atom. The van der Waals surface area contributed by atoms with Crippen LogP contribution in [0.4, 0.5) is 4.39 Å². The quantitative estimate of drug-likeness (QED) is 0.175. The molecule has 1 aliphatic rings. The highest BCUT2D eigenvalue weighted by atomic mass is 31.3. The van der Waals surface area contributed by atoms with E-state index >= 15 is 4.39 Å². The average molecular weight is 538 g/mol. The fraction of sp³-hybridized carbons (Fsp3) is 0.538. The van der Waals surface area contributed by atoms with Crippen LogP contribution >= 0.6 is 23.5 Å². The second kappa shape index (κ2) is 9.63. The maximum absolute atomic E-state index is 15.6. The number of nitrogens with one attached hydrogen (secondary N) is 1. The van der Waals surface area contributed by atoms with Gasteiger partial charge in [-0.15, -0.1) is 5.92 Å². The van der Waals surface area contributed by atoms with Gasteiger partial charge < -0.3 is 29.4 Å². The van der Waals surface area contributed by atoms with Gasteiger partial charge in [0.2, 0.25) is 5.67 Å². The number of alkyl halides is 1. The van der Waals surface area contributed by atoms with Crippen LogP contribution in [0.25, 0.3) is 0 Å². The molecule has 2 heterocycles. The van der Waals surface area contributed by atoms with Gasteiger partial charge in [0, 0.05) is 11.8 Å². The second-order valence-corrected chi connectivity index (χ2v) is 10.9. The lowest BCUT2D eigenvalue weighted by molar-refractivity contribution is -0.0544. The molecule has 0 amide bonds. The van der Waals surface area contributed by atoms with Gasteiger partial charge >= 0.3 is 29.2 Å². The van der Waals surface area contributed by atoms with Crippen LogP contribution in [0.3, 0.4) is 0 Å². The van der Waals surface area contributed by atoms with Gasteiger partial charge in [-0.25, -0.2) is 22.9 Å². The first-order valence-electron chi connectivity index (χ1n) is 8.48. The lowest BCUT2D eigenvalue weighted by Crippen LogP contribution is -2.45. The lowest BCUT2D eigenvalue weighted by atomic mass is 9.96. The van der Waals surface area contributed by atoms with E-state index in [4.69, 9.17) is 19.4 Å². The van der Waals surface area contributed by atoms with Gasteiger partial charge in [-0.3, -0.25) is 18.9 Å². The van der Waals surface area contributed by atoms with Gasteiger partial charge in [0.25, 0.3) is 5.56 Å². The molecule has 33 heavy (non-hydrogen) atoms. The van der Waals surface area contributed by atoms with Crippen molar-refractivity contribution >= 4 is 23.5 Å². The maximum atomic E-state index is 15.6. The molecule has 1 fully saturated rings. The van der Waals surface area contributed by atoms with E-state index in [1.54, 1.807) is 0 Å². The summed E-state index contributed by atoms with van der Waals surface area (Å²) in [6.07, 6.45) is -6.02. The third-order valence-electron chi connectivity index (χ3n) is 3.98. The number of hydrogen-bond donors (Lipinski definition) is 6. The number of aromatic amines is 1. The molecule has 16 nitrogen and oxygen atoms in total. The topological polar surface area (TPSA) is 244 Å². The molecule has 20 heteroatoms. The van der Waals surface area contributed by atoms with E-state index in [2.05, 4.69) is 19.1 Å². The first-order valence-corrected chi connectivity index (χ1v) is 13.0. The van der Waals surface area contributed by atoms with Gasteiger partial charge in [-0.05, 0) is 13.8 Å². The summed E-state index contributed by atoms with van der Waals surface area (Å²) in [5, 5.41) is 10.4. The Balaban J connectivity index is 2.29. The minimum absolute atomic E-state index is 0.0885. The summed E-state index contributed by atoms with van der Waals surface area (Å²) in [6.45, 7) is 1.26. The first-order chi connectivity index (χ1) is 14.9. The molecule has 6 N–H and O–H groups in total. The molecule has 1 aromatic heterocycles. The zero-order valence-electron chi connectivity index (χ0n) is 16.6. The summed E-state index contributed by atoms with van der Waals surface area (Å²) in [6, 6.07) is 0.927. The SMILES string of the molecule is CC#C[C@@]1(F)C(O)[C@@H](COP(=O)(O)OP(=O)(O)OP(=O)(O)O)O[C@H]1n1c(C)cc(=O)[nH]c1=O. The van der Waals surface area contributed by atoms with Gasteiger partial charge in [-0.2, -0.15) is 8.62 Å². The molecule has 0 radical (unpaired) electrons. The number of ether oxygens (including phenoxy) is 1. The molecule has 0 saturated carbocycles. The van der Waals surface area contributed by atoms with Crippen LogP contribution in [0.15, 0.2) is 15.7 Å². The molecule has 0 spiro atoms. The Kier molecular flexibility index (Phi) is 8.10. The van der Waals surface area contributed by atoms with Gasteiger partial charge in [0.1, 0.15) is 12.2 Å². The van der Waals surface area contributed by atoms with E-state index in [1.165, 1.54) is 13.8 Å². The van der Waals surface area contributed by atoms with Crippen molar-refractivity contribution in [2.75, 3.05) is 6.61 Å². The molecule has 186 valence electrons. The largest absolute Gasteiger partial charge is 0.490 e. The molecular formula is C13H18FN2O14P3. The van der Waals surface area contributed by atoms with Crippen molar-refractivity contribution in [3.05, 3.63) is 32.6 Å². The number of nitrogens with zero attached hydrogens (tertiary/aromatic N) is 1. The minimum atomic E-state index is -5.81.